The number of nitrogens with zero attached hydrogens (tertiary/aromatic N) is 3. The van der Waals surface area contributed by atoms with E-state index in [2.05, 4.69) is 52.0 Å². The number of aryl methyl sites for hydroxylation is 4. The maximum Gasteiger partial charge on any atom is 0.319 e. The highest BCUT2D eigenvalue weighted by Gasteiger charge is 2.22. The van der Waals surface area contributed by atoms with Gasteiger partial charge in [-0.25, -0.2) is 4.79 Å². The van der Waals surface area contributed by atoms with Crippen molar-refractivity contribution in [3.63, 3.8) is 0 Å². The van der Waals surface area contributed by atoms with Gasteiger partial charge in [0.1, 0.15) is 0 Å². The van der Waals surface area contributed by atoms with Crippen molar-refractivity contribution in [3.05, 3.63) is 99.3 Å². The first kappa shape index (κ1) is 25.8. The van der Waals surface area contributed by atoms with Gasteiger partial charge in [0.25, 0.3) is 0 Å². The number of aromatic nitrogens is 3. The van der Waals surface area contributed by atoms with Crippen LogP contribution in [0.25, 0.3) is 5.69 Å². The molecule has 0 aliphatic carbocycles. The fourth-order valence-corrected chi connectivity index (χ4v) is 5.09. The largest absolute Gasteiger partial charge is 0.328 e. The molecule has 1 aromatic heterocycles. The molecule has 6 nitrogen and oxygen atoms in total. The van der Waals surface area contributed by atoms with Crippen molar-refractivity contribution in [3.8, 4) is 5.69 Å². The first-order chi connectivity index (χ1) is 17.2. The molecule has 3 aromatic carbocycles. The maximum atomic E-state index is 12.8. The van der Waals surface area contributed by atoms with E-state index >= 15 is 0 Å². The third-order valence-corrected chi connectivity index (χ3v) is 7.12. The SMILES string of the molecule is Cc1cccc(CSc2nnc(C(C)NC(=O)Nc3ccc(C)cc3C)n2-c2cc(Cl)ccc2C)c1. The van der Waals surface area contributed by atoms with Crippen LogP contribution in [0.2, 0.25) is 5.02 Å². The molecule has 8 heteroatoms. The third kappa shape index (κ3) is 6.09. The second-order valence-corrected chi connectivity index (χ2v) is 10.4. The lowest BCUT2D eigenvalue weighted by atomic mass is 10.1. The fraction of sp³-hybridized carbons (Fsp3) is 0.250. The smallest absolute Gasteiger partial charge is 0.319 e. The van der Waals surface area contributed by atoms with Gasteiger partial charge in [-0.15, -0.1) is 10.2 Å². The molecule has 0 saturated carbocycles. The summed E-state index contributed by atoms with van der Waals surface area (Å²) in [6.07, 6.45) is 0. The van der Waals surface area contributed by atoms with E-state index in [4.69, 9.17) is 11.6 Å². The molecule has 0 saturated heterocycles. The summed E-state index contributed by atoms with van der Waals surface area (Å²) in [7, 11) is 0. The Labute approximate surface area is 221 Å². The molecule has 4 aromatic rings. The standard InChI is InChI=1S/C28H30ClN5OS/c1-17-7-6-8-22(14-17)16-36-28-33-32-26(34(28)25-15-23(29)11-10-19(25)3)21(5)30-27(35)31-24-12-9-18(2)13-20(24)4/h6-15,21H,16H2,1-5H3,(H2,30,31,35). The number of halogens is 1. The Morgan fingerprint density at radius 3 is 2.50 bits per heavy atom. The molecule has 0 aliphatic rings. The summed E-state index contributed by atoms with van der Waals surface area (Å²) in [5, 5.41) is 16.3. The number of anilines is 1. The molecule has 0 fully saturated rings. The van der Waals surface area contributed by atoms with E-state index in [1.54, 1.807) is 11.8 Å². The van der Waals surface area contributed by atoms with Crippen LogP contribution in [0.5, 0.6) is 0 Å². The zero-order valence-electron chi connectivity index (χ0n) is 21.1. The molecule has 0 aliphatic heterocycles. The van der Waals surface area contributed by atoms with E-state index in [0.29, 0.717) is 10.8 Å². The van der Waals surface area contributed by atoms with Crippen molar-refractivity contribution >= 4 is 35.1 Å². The maximum absolute atomic E-state index is 12.8. The number of carbonyl (C=O) groups is 1. The zero-order valence-corrected chi connectivity index (χ0v) is 22.7. The Balaban J connectivity index is 1.61. The molecule has 4 rings (SSSR count). The normalized spacial score (nSPS) is 11.8. The highest BCUT2D eigenvalue weighted by Crippen LogP contribution is 2.30. The van der Waals surface area contributed by atoms with E-state index in [9.17, 15) is 4.79 Å². The van der Waals surface area contributed by atoms with Crippen molar-refractivity contribution in [1.82, 2.24) is 20.1 Å². The lowest BCUT2D eigenvalue weighted by Crippen LogP contribution is -2.32. The van der Waals surface area contributed by atoms with Gasteiger partial charge in [0, 0.05) is 16.5 Å². The van der Waals surface area contributed by atoms with E-state index in [1.807, 2.05) is 68.7 Å². The van der Waals surface area contributed by atoms with E-state index < -0.39 is 6.04 Å². The number of hydrogen-bond acceptors (Lipinski definition) is 4. The van der Waals surface area contributed by atoms with Crippen LogP contribution >= 0.6 is 23.4 Å². The van der Waals surface area contributed by atoms with Crippen LogP contribution in [0.3, 0.4) is 0 Å². The van der Waals surface area contributed by atoms with Gasteiger partial charge in [0.15, 0.2) is 11.0 Å². The molecule has 1 atom stereocenters. The highest BCUT2D eigenvalue weighted by atomic mass is 35.5. The summed E-state index contributed by atoms with van der Waals surface area (Å²) < 4.78 is 1.99. The summed E-state index contributed by atoms with van der Waals surface area (Å²) in [5.41, 5.74) is 7.26. The molecule has 0 radical (unpaired) electrons. The van der Waals surface area contributed by atoms with Gasteiger partial charge in [-0.2, -0.15) is 0 Å². The topological polar surface area (TPSA) is 71.8 Å². The van der Waals surface area contributed by atoms with Crippen LogP contribution < -0.4 is 10.6 Å². The van der Waals surface area contributed by atoms with E-state index in [0.717, 1.165) is 39.0 Å². The molecule has 0 spiro atoms. The number of urea groups is 1. The minimum atomic E-state index is -0.407. The third-order valence-electron chi connectivity index (χ3n) is 5.89. The number of thioether (sulfide) groups is 1. The van der Waals surface area contributed by atoms with Gasteiger partial charge in [-0.1, -0.05) is 77.0 Å². The monoisotopic (exact) mass is 519 g/mol. The Bertz CT molecular complexity index is 1400. The lowest BCUT2D eigenvalue weighted by Gasteiger charge is -2.18. The fourth-order valence-electron chi connectivity index (χ4n) is 4.03. The second-order valence-electron chi connectivity index (χ2n) is 9.02. The van der Waals surface area contributed by atoms with Crippen LogP contribution in [-0.4, -0.2) is 20.8 Å². The summed E-state index contributed by atoms with van der Waals surface area (Å²) in [6, 6.07) is 19.4. The zero-order chi connectivity index (χ0) is 25.8. The average molecular weight is 520 g/mol. The van der Waals surface area contributed by atoms with E-state index in [1.165, 1.54) is 11.1 Å². The Kier molecular flexibility index (Phi) is 8.01. The molecule has 186 valence electrons. The molecular formula is C28H30ClN5OS. The molecule has 2 amide bonds. The number of rotatable bonds is 7. The Morgan fingerprint density at radius 2 is 1.75 bits per heavy atom. The van der Waals surface area contributed by atoms with Gasteiger partial charge in [-0.3, -0.25) is 4.57 Å². The highest BCUT2D eigenvalue weighted by molar-refractivity contribution is 7.98. The van der Waals surface area contributed by atoms with Gasteiger partial charge >= 0.3 is 6.03 Å². The number of amides is 2. The molecule has 36 heavy (non-hydrogen) atoms. The Morgan fingerprint density at radius 1 is 0.972 bits per heavy atom. The predicted molar refractivity (Wildman–Crippen MR) is 148 cm³/mol. The van der Waals surface area contributed by atoms with Crippen molar-refractivity contribution in [2.24, 2.45) is 0 Å². The quantitative estimate of drug-likeness (QED) is 0.251. The average Bonchev–Trinajstić information content (AvgIpc) is 3.25. The Hall–Kier alpha value is -3.29. The van der Waals surface area contributed by atoms with Crippen LogP contribution in [0.15, 0.2) is 65.8 Å². The summed E-state index contributed by atoms with van der Waals surface area (Å²) in [6.45, 7) is 10.0. The van der Waals surface area contributed by atoms with Gasteiger partial charge in [0.2, 0.25) is 0 Å². The van der Waals surface area contributed by atoms with E-state index in [-0.39, 0.29) is 6.03 Å². The molecule has 2 N–H and O–H groups in total. The van der Waals surface area contributed by atoms with Crippen LogP contribution in [0, 0.1) is 27.7 Å². The number of nitrogens with one attached hydrogen (secondary N) is 2. The first-order valence-corrected chi connectivity index (χ1v) is 13.1. The van der Waals surface area contributed by atoms with Gasteiger partial charge in [-0.05, 0) is 69.5 Å². The molecule has 1 unspecified atom stereocenters. The summed E-state index contributed by atoms with van der Waals surface area (Å²) in [5.74, 6) is 1.37. The first-order valence-electron chi connectivity index (χ1n) is 11.8. The second kappa shape index (κ2) is 11.2. The van der Waals surface area contributed by atoms with Crippen molar-refractivity contribution in [2.75, 3.05) is 5.32 Å². The summed E-state index contributed by atoms with van der Waals surface area (Å²) >= 11 is 7.97. The lowest BCUT2D eigenvalue weighted by molar-refractivity contribution is 0.248. The summed E-state index contributed by atoms with van der Waals surface area (Å²) in [4.78, 5) is 12.8. The molecular weight excluding hydrogens is 490 g/mol. The van der Waals surface area contributed by atoms with Gasteiger partial charge in [0.05, 0.1) is 11.7 Å². The minimum absolute atomic E-state index is 0.305. The van der Waals surface area contributed by atoms with Crippen LogP contribution in [-0.2, 0) is 5.75 Å². The number of carbonyl (C=O) groups excluding carboxylic acids is 1. The van der Waals surface area contributed by atoms with Gasteiger partial charge < -0.3 is 10.6 Å². The predicted octanol–water partition coefficient (Wildman–Crippen LogP) is 7.33. The van der Waals surface area contributed by atoms with Crippen molar-refractivity contribution < 1.29 is 4.79 Å². The molecule has 0 bridgehead atoms. The van der Waals surface area contributed by atoms with Crippen LogP contribution in [0.4, 0.5) is 10.5 Å². The van der Waals surface area contributed by atoms with Crippen LogP contribution in [0.1, 0.15) is 46.6 Å². The van der Waals surface area contributed by atoms with Crippen molar-refractivity contribution in [2.45, 2.75) is 51.6 Å². The number of benzene rings is 3. The van der Waals surface area contributed by atoms with Crippen molar-refractivity contribution in [1.29, 1.82) is 0 Å². The number of hydrogen-bond donors (Lipinski definition) is 2. The minimum Gasteiger partial charge on any atom is -0.328 e. The molecule has 1 heterocycles.